The van der Waals surface area contributed by atoms with Gasteiger partial charge < -0.3 is 10.6 Å². The molecular weight excluding hydrogens is 309 g/mol. The van der Waals surface area contributed by atoms with Crippen LogP contribution in [-0.2, 0) is 0 Å². The van der Waals surface area contributed by atoms with Gasteiger partial charge in [0.2, 0.25) is 0 Å². The Hall–Kier alpha value is -0.550. The van der Waals surface area contributed by atoms with Crippen LogP contribution in [0.1, 0.15) is 23.8 Å². The van der Waals surface area contributed by atoms with E-state index >= 15 is 0 Å². The Bertz CT molecular complexity index is 413. The van der Waals surface area contributed by atoms with E-state index in [4.69, 9.17) is 17.3 Å². The molecule has 2 N–H and O–H groups in total. The molecule has 0 radical (unpaired) electrons. The summed E-state index contributed by atoms with van der Waals surface area (Å²) in [6.45, 7) is 3.47. The van der Waals surface area contributed by atoms with Gasteiger partial charge in [-0.15, -0.1) is 24.8 Å². The van der Waals surface area contributed by atoms with Crippen molar-refractivity contribution in [2.75, 3.05) is 13.1 Å². The molecule has 19 heavy (non-hydrogen) atoms. The van der Waals surface area contributed by atoms with Gasteiger partial charge in [-0.25, -0.2) is 4.98 Å². The van der Waals surface area contributed by atoms with Crippen LogP contribution in [-0.4, -0.2) is 34.9 Å². The largest absolute Gasteiger partial charge is 0.337 e. The Labute approximate surface area is 130 Å². The lowest BCUT2D eigenvalue weighted by Crippen LogP contribution is -2.48. The van der Waals surface area contributed by atoms with Crippen LogP contribution in [0, 0.1) is 5.92 Å². The lowest BCUT2D eigenvalue weighted by atomic mass is 9.94. The molecule has 2 unspecified atom stereocenters. The summed E-state index contributed by atoms with van der Waals surface area (Å²) < 4.78 is 0. The Morgan fingerprint density at radius 2 is 2.16 bits per heavy atom. The Kier molecular flexibility index (Phi) is 7.67. The predicted molar refractivity (Wildman–Crippen MR) is 81.4 cm³/mol. The van der Waals surface area contributed by atoms with Crippen molar-refractivity contribution < 1.29 is 4.79 Å². The number of carbonyl (C=O) groups excluding carboxylic acids is 1. The maximum Gasteiger partial charge on any atom is 0.272 e. The first-order valence-corrected chi connectivity index (χ1v) is 6.12. The van der Waals surface area contributed by atoms with E-state index in [0.29, 0.717) is 29.7 Å². The Morgan fingerprint density at radius 3 is 2.68 bits per heavy atom. The maximum atomic E-state index is 12.1. The predicted octanol–water partition coefficient (Wildman–Crippen LogP) is 2.39. The van der Waals surface area contributed by atoms with Gasteiger partial charge in [0.05, 0.1) is 5.02 Å². The smallest absolute Gasteiger partial charge is 0.272 e. The number of nitrogens with zero attached hydrogens (tertiary/aromatic N) is 2. The molecule has 0 spiro atoms. The summed E-state index contributed by atoms with van der Waals surface area (Å²) in [4.78, 5) is 18.0. The Morgan fingerprint density at radius 1 is 1.47 bits per heavy atom. The fourth-order valence-corrected chi connectivity index (χ4v) is 2.12. The number of aromatic nitrogens is 1. The number of likely N-dealkylation sites (tertiary alicyclic amines) is 1. The zero-order valence-corrected chi connectivity index (χ0v) is 13.0. The van der Waals surface area contributed by atoms with Crippen molar-refractivity contribution in [2.45, 2.75) is 19.4 Å². The minimum absolute atomic E-state index is 0. The summed E-state index contributed by atoms with van der Waals surface area (Å²) in [5.74, 6) is 0.292. The number of carbonyl (C=O) groups is 1. The quantitative estimate of drug-likeness (QED) is 0.862. The first-order valence-electron chi connectivity index (χ1n) is 5.74. The molecule has 1 fully saturated rings. The van der Waals surface area contributed by atoms with Gasteiger partial charge in [0, 0.05) is 25.3 Å². The molecule has 2 heterocycles. The van der Waals surface area contributed by atoms with E-state index in [-0.39, 0.29) is 36.8 Å². The maximum absolute atomic E-state index is 12.1. The second-order valence-electron chi connectivity index (χ2n) is 4.54. The van der Waals surface area contributed by atoms with E-state index in [0.717, 1.165) is 6.42 Å². The van der Waals surface area contributed by atoms with Gasteiger partial charge >= 0.3 is 0 Å². The first-order chi connectivity index (χ1) is 8.08. The minimum atomic E-state index is -0.0413. The molecule has 0 bridgehead atoms. The molecule has 0 saturated carbocycles. The van der Waals surface area contributed by atoms with Crippen LogP contribution in [0.2, 0.25) is 5.02 Å². The van der Waals surface area contributed by atoms with Crippen molar-refractivity contribution in [1.82, 2.24) is 9.88 Å². The molecule has 0 aromatic carbocycles. The molecule has 1 aromatic heterocycles. The third kappa shape index (κ3) is 4.49. The van der Waals surface area contributed by atoms with Crippen molar-refractivity contribution in [3.8, 4) is 0 Å². The van der Waals surface area contributed by atoms with Gasteiger partial charge in [0.1, 0.15) is 5.69 Å². The normalized spacial score (nSPS) is 22.2. The van der Waals surface area contributed by atoms with Crippen molar-refractivity contribution >= 4 is 42.3 Å². The first kappa shape index (κ1) is 18.4. The highest BCUT2D eigenvalue weighted by Gasteiger charge is 2.27. The number of nitrogens with two attached hydrogens (primary N) is 1. The zero-order chi connectivity index (χ0) is 12.4. The highest BCUT2D eigenvalue weighted by molar-refractivity contribution is 6.30. The van der Waals surface area contributed by atoms with Gasteiger partial charge in [-0.3, -0.25) is 4.79 Å². The Balaban J connectivity index is 0.00000162. The molecule has 7 heteroatoms. The number of pyridine rings is 1. The standard InChI is InChI=1S/C12H16ClN3O.2ClH/c1-8-7-16(5-4-10(8)14)12(17)11-3-2-9(13)6-15-11;;/h2-3,6,8,10H,4-5,7,14H2,1H3;2*1H. The van der Waals surface area contributed by atoms with E-state index in [9.17, 15) is 4.79 Å². The monoisotopic (exact) mass is 325 g/mol. The van der Waals surface area contributed by atoms with Crippen LogP contribution in [0.5, 0.6) is 0 Å². The summed E-state index contributed by atoms with van der Waals surface area (Å²) in [6.07, 6.45) is 2.34. The molecule has 2 rings (SSSR count). The number of hydrogen-bond donors (Lipinski definition) is 1. The number of piperidine rings is 1. The molecule has 108 valence electrons. The third-order valence-electron chi connectivity index (χ3n) is 3.21. The van der Waals surface area contributed by atoms with E-state index in [1.165, 1.54) is 6.20 Å². The average molecular weight is 327 g/mol. The molecule has 0 aliphatic carbocycles. The molecule has 4 nitrogen and oxygen atoms in total. The minimum Gasteiger partial charge on any atom is -0.337 e. The van der Waals surface area contributed by atoms with Crippen LogP contribution in [0.25, 0.3) is 0 Å². The summed E-state index contributed by atoms with van der Waals surface area (Å²) >= 11 is 5.74. The third-order valence-corrected chi connectivity index (χ3v) is 3.43. The van der Waals surface area contributed by atoms with Crippen LogP contribution in [0.3, 0.4) is 0 Å². The van der Waals surface area contributed by atoms with Crippen LogP contribution >= 0.6 is 36.4 Å². The molecule has 1 aliphatic heterocycles. The van der Waals surface area contributed by atoms with E-state index in [2.05, 4.69) is 11.9 Å². The number of amides is 1. The summed E-state index contributed by atoms with van der Waals surface area (Å²) in [5.41, 5.74) is 6.37. The molecule has 2 atom stereocenters. The summed E-state index contributed by atoms with van der Waals surface area (Å²) in [7, 11) is 0. The lowest BCUT2D eigenvalue weighted by molar-refractivity contribution is 0.0658. The van der Waals surface area contributed by atoms with E-state index in [1.807, 2.05) is 4.90 Å². The summed E-state index contributed by atoms with van der Waals surface area (Å²) in [6, 6.07) is 3.53. The topological polar surface area (TPSA) is 59.2 Å². The molecule has 1 aliphatic rings. The zero-order valence-electron chi connectivity index (χ0n) is 10.6. The van der Waals surface area contributed by atoms with Crippen molar-refractivity contribution in [2.24, 2.45) is 11.7 Å². The second kappa shape index (κ2) is 7.90. The van der Waals surface area contributed by atoms with Crippen molar-refractivity contribution in [1.29, 1.82) is 0 Å². The van der Waals surface area contributed by atoms with Gasteiger partial charge in [-0.05, 0) is 24.5 Å². The van der Waals surface area contributed by atoms with E-state index < -0.39 is 0 Å². The molecule has 1 amide bonds. The van der Waals surface area contributed by atoms with Gasteiger partial charge in [-0.2, -0.15) is 0 Å². The lowest BCUT2D eigenvalue weighted by Gasteiger charge is -2.34. The molecular formula is C12H18Cl3N3O. The van der Waals surface area contributed by atoms with E-state index in [1.54, 1.807) is 12.1 Å². The highest BCUT2D eigenvalue weighted by Crippen LogP contribution is 2.17. The number of halogens is 3. The SMILES string of the molecule is CC1CN(C(=O)c2ccc(Cl)cn2)CCC1N.Cl.Cl. The van der Waals surface area contributed by atoms with Crippen molar-refractivity contribution in [3.05, 3.63) is 29.0 Å². The van der Waals surface area contributed by atoms with Crippen LogP contribution in [0.4, 0.5) is 0 Å². The van der Waals surface area contributed by atoms with Gasteiger partial charge in [-0.1, -0.05) is 18.5 Å². The van der Waals surface area contributed by atoms with Gasteiger partial charge in [0.25, 0.3) is 5.91 Å². The fourth-order valence-electron chi connectivity index (χ4n) is 2.01. The fraction of sp³-hybridized carbons (Fsp3) is 0.500. The number of hydrogen-bond acceptors (Lipinski definition) is 3. The average Bonchev–Trinajstić information content (AvgIpc) is 2.33. The van der Waals surface area contributed by atoms with Crippen molar-refractivity contribution in [3.63, 3.8) is 0 Å². The molecule has 1 aromatic rings. The highest BCUT2D eigenvalue weighted by atomic mass is 35.5. The van der Waals surface area contributed by atoms with Crippen LogP contribution in [0.15, 0.2) is 18.3 Å². The second-order valence-corrected chi connectivity index (χ2v) is 4.98. The number of rotatable bonds is 1. The molecule has 1 saturated heterocycles. The van der Waals surface area contributed by atoms with Gasteiger partial charge in [0.15, 0.2) is 0 Å². The van der Waals surface area contributed by atoms with Crippen LogP contribution < -0.4 is 5.73 Å². The summed E-state index contributed by atoms with van der Waals surface area (Å²) in [5, 5.41) is 0.538.